The minimum absolute atomic E-state index is 0.0168. The van der Waals surface area contributed by atoms with Gasteiger partial charge in [-0.15, -0.1) is 0 Å². The van der Waals surface area contributed by atoms with Crippen LogP contribution in [0.1, 0.15) is 44.9 Å². The van der Waals surface area contributed by atoms with Gasteiger partial charge in [-0.05, 0) is 67.3 Å². The lowest BCUT2D eigenvalue weighted by molar-refractivity contribution is 0.0507. The Kier molecular flexibility index (Phi) is 7.10. The smallest absolute Gasteiger partial charge is 0.291 e. The van der Waals surface area contributed by atoms with E-state index < -0.39 is 0 Å². The minimum Gasteiger partial charge on any atom is -0.497 e. The van der Waals surface area contributed by atoms with Gasteiger partial charge in [-0.3, -0.25) is 9.59 Å². The Morgan fingerprint density at radius 2 is 2.03 bits per heavy atom. The number of aryl methyl sites for hydroxylation is 1. The van der Waals surface area contributed by atoms with Gasteiger partial charge in [-0.25, -0.2) is 0 Å². The van der Waals surface area contributed by atoms with E-state index in [0.717, 1.165) is 36.3 Å². The molecule has 0 spiro atoms. The van der Waals surface area contributed by atoms with Crippen LogP contribution in [0.4, 0.5) is 5.69 Å². The van der Waals surface area contributed by atoms with Gasteiger partial charge in [0.05, 0.1) is 19.5 Å². The Hall–Kier alpha value is -3.58. The molecule has 2 heterocycles. The van der Waals surface area contributed by atoms with Gasteiger partial charge < -0.3 is 24.1 Å². The van der Waals surface area contributed by atoms with Gasteiger partial charge in [0, 0.05) is 30.9 Å². The maximum Gasteiger partial charge on any atom is 0.291 e. The van der Waals surface area contributed by atoms with Gasteiger partial charge in [-0.2, -0.15) is 0 Å². The van der Waals surface area contributed by atoms with Crippen LogP contribution >= 0.6 is 0 Å². The van der Waals surface area contributed by atoms with Gasteiger partial charge in [0.25, 0.3) is 11.8 Å². The standard InChI is InChI=1S/C26H28N2O5/c1-18-10-11-20(15-23(18)27-25(29)24-9-5-13-33-24)26(30)28(17-22-8-4-12-32-22)16-19-6-3-7-21(14-19)31-2/h3,5-7,9-11,13-15,22H,4,8,12,16-17H2,1-2H3,(H,27,29). The fourth-order valence-corrected chi connectivity index (χ4v) is 3.91. The first-order valence-electron chi connectivity index (χ1n) is 11.0. The lowest BCUT2D eigenvalue weighted by Crippen LogP contribution is -2.37. The van der Waals surface area contributed by atoms with E-state index >= 15 is 0 Å². The third-order valence-corrected chi connectivity index (χ3v) is 5.72. The summed E-state index contributed by atoms with van der Waals surface area (Å²) in [6.45, 7) is 3.53. The number of nitrogens with zero attached hydrogens (tertiary/aromatic N) is 1. The van der Waals surface area contributed by atoms with Crippen LogP contribution in [-0.2, 0) is 11.3 Å². The molecule has 1 atom stereocenters. The molecule has 4 rings (SSSR count). The number of furan rings is 1. The van der Waals surface area contributed by atoms with Gasteiger partial charge in [0.1, 0.15) is 5.75 Å². The minimum atomic E-state index is -0.361. The molecule has 1 aliphatic rings. The van der Waals surface area contributed by atoms with Crippen molar-refractivity contribution >= 4 is 17.5 Å². The van der Waals surface area contributed by atoms with E-state index in [4.69, 9.17) is 13.9 Å². The molecular weight excluding hydrogens is 420 g/mol. The van der Waals surface area contributed by atoms with E-state index in [2.05, 4.69) is 5.32 Å². The maximum absolute atomic E-state index is 13.6. The predicted molar refractivity (Wildman–Crippen MR) is 125 cm³/mol. The molecule has 1 aliphatic heterocycles. The van der Waals surface area contributed by atoms with Crippen LogP contribution in [-0.4, -0.2) is 43.1 Å². The monoisotopic (exact) mass is 448 g/mol. The van der Waals surface area contributed by atoms with Crippen molar-refractivity contribution in [3.63, 3.8) is 0 Å². The summed E-state index contributed by atoms with van der Waals surface area (Å²) in [5.41, 5.74) is 2.89. The zero-order valence-electron chi connectivity index (χ0n) is 18.9. The highest BCUT2D eigenvalue weighted by molar-refractivity contribution is 6.04. The van der Waals surface area contributed by atoms with Crippen LogP contribution in [0.25, 0.3) is 0 Å². The molecule has 33 heavy (non-hydrogen) atoms. The van der Waals surface area contributed by atoms with Gasteiger partial charge in [0.15, 0.2) is 5.76 Å². The van der Waals surface area contributed by atoms with Gasteiger partial charge in [0.2, 0.25) is 0 Å². The van der Waals surface area contributed by atoms with Crippen molar-refractivity contribution < 1.29 is 23.5 Å². The van der Waals surface area contributed by atoms with Crippen LogP contribution in [0.3, 0.4) is 0 Å². The van der Waals surface area contributed by atoms with E-state index in [0.29, 0.717) is 24.3 Å². The molecular formula is C26H28N2O5. The van der Waals surface area contributed by atoms with Crippen LogP contribution in [0.15, 0.2) is 65.3 Å². The average Bonchev–Trinajstić information content (AvgIpc) is 3.54. The molecule has 172 valence electrons. The molecule has 1 unspecified atom stereocenters. The summed E-state index contributed by atoms with van der Waals surface area (Å²) in [6.07, 6.45) is 3.39. The lowest BCUT2D eigenvalue weighted by Gasteiger charge is -2.26. The molecule has 0 radical (unpaired) electrons. The fraction of sp³-hybridized carbons (Fsp3) is 0.308. The van der Waals surface area contributed by atoms with E-state index in [-0.39, 0.29) is 23.7 Å². The second-order valence-electron chi connectivity index (χ2n) is 8.13. The number of ether oxygens (including phenoxy) is 2. The summed E-state index contributed by atoms with van der Waals surface area (Å²) in [6, 6.07) is 16.3. The molecule has 1 N–H and O–H groups in total. The van der Waals surface area contributed by atoms with Crippen molar-refractivity contribution in [2.24, 2.45) is 0 Å². The molecule has 0 bridgehead atoms. The van der Waals surface area contributed by atoms with Crippen LogP contribution in [0.2, 0.25) is 0 Å². The molecule has 1 saturated heterocycles. The van der Waals surface area contributed by atoms with Crippen molar-refractivity contribution in [2.75, 3.05) is 25.6 Å². The Labute approximate surface area is 193 Å². The number of carbonyl (C=O) groups is 2. The van der Waals surface area contributed by atoms with E-state index in [1.54, 1.807) is 36.3 Å². The van der Waals surface area contributed by atoms with E-state index in [9.17, 15) is 9.59 Å². The highest BCUT2D eigenvalue weighted by Gasteiger charge is 2.24. The molecule has 3 aromatic rings. The SMILES string of the molecule is COc1cccc(CN(CC2CCCO2)C(=O)c2ccc(C)c(NC(=O)c3ccco3)c2)c1. The average molecular weight is 449 g/mol. The number of hydrogen-bond acceptors (Lipinski definition) is 5. The molecule has 1 fully saturated rings. The normalized spacial score (nSPS) is 15.3. The number of amides is 2. The molecule has 7 nitrogen and oxygen atoms in total. The quantitative estimate of drug-likeness (QED) is 0.542. The highest BCUT2D eigenvalue weighted by Crippen LogP contribution is 2.23. The number of anilines is 1. The zero-order valence-corrected chi connectivity index (χ0v) is 18.9. The number of carbonyl (C=O) groups excluding carboxylic acids is 2. The Balaban J connectivity index is 1.57. The van der Waals surface area contributed by atoms with Crippen LogP contribution < -0.4 is 10.1 Å². The van der Waals surface area contributed by atoms with Crippen molar-refractivity contribution in [1.82, 2.24) is 4.90 Å². The third-order valence-electron chi connectivity index (χ3n) is 5.72. The molecule has 1 aromatic heterocycles. The second kappa shape index (κ2) is 10.4. The number of hydrogen-bond donors (Lipinski definition) is 1. The first kappa shape index (κ1) is 22.6. The van der Waals surface area contributed by atoms with Crippen molar-refractivity contribution in [3.8, 4) is 5.75 Å². The fourth-order valence-electron chi connectivity index (χ4n) is 3.91. The third kappa shape index (κ3) is 5.62. The lowest BCUT2D eigenvalue weighted by atomic mass is 10.1. The Morgan fingerprint density at radius 3 is 2.76 bits per heavy atom. The number of benzene rings is 2. The maximum atomic E-state index is 13.6. The predicted octanol–water partition coefficient (Wildman–Crippen LogP) is 4.67. The Bertz CT molecular complexity index is 1100. The van der Waals surface area contributed by atoms with Crippen molar-refractivity contribution in [3.05, 3.63) is 83.3 Å². The van der Waals surface area contributed by atoms with Crippen molar-refractivity contribution in [2.45, 2.75) is 32.4 Å². The topological polar surface area (TPSA) is 81.0 Å². The van der Waals surface area contributed by atoms with E-state index in [1.807, 2.05) is 37.3 Å². The number of rotatable bonds is 8. The second-order valence-corrected chi connectivity index (χ2v) is 8.13. The van der Waals surface area contributed by atoms with Gasteiger partial charge >= 0.3 is 0 Å². The summed E-state index contributed by atoms with van der Waals surface area (Å²) < 4.78 is 16.3. The molecule has 0 aliphatic carbocycles. The first-order chi connectivity index (χ1) is 16.0. The summed E-state index contributed by atoms with van der Waals surface area (Å²) in [7, 11) is 1.62. The summed E-state index contributed by atoms with van der Waals surface area (Å²) >= 11 is 0. The van der Waals surface area contributed by atoms with Crippen LogP contribution in [0.5, 0.6) is 5.75 Å². The first-order valence-corrected chi connectivity index (χ1v) is 11.0. The summed E-state index contributed by atoms with van der Waals surface area (Å²) in [5, 5.41) is 2.84. The highest BCUT2D eigenvalue weighted by atomic mass is 16.5. The molecule has 7 heteroatoms. The van der Waals surface area contributed by atoms with Crippen LogP contribution in [0, 0.1) is 6.92 Å². The molecule has 0 saturated carbocycles. The Morgan fingerprint density at radius 1 is 1.15 bits per heavy atom. The largest absolute Gasteiger partial charge is 0.497 e. The molecule has 2 amide bonds. The number of methoxy groups -OCH3 is 1. The summed E-state index contributed by atoms with van der Waals surface area (Å²) in [5.74, 6) is 0.474. The van der Waals surface area contributed by atoms with Gasteiger partial charge in [-0.1, -0.05) is 18.2 Å². The van der Waals surface area contributed by atoms with E-state index in [1.165, 1.54) is 6.26 Å². The van der Waals surface area contributed by atoms with Crippen molar-refractivity contribution in [1.29, 1.82) is 0 Å². The number of nitrogens with one attached hydrogen (secondary N) is 1. The molecule has 2 aromatic carbocycles. The zero-order chi connectivity index (χ0) is 23.2. The summed E-state index contributed by atoms with van der Waals surface area (Å²) in [4.78, 5) is 27.8.